The summed E-state index contributed by atoms with van der Waals surface area (Å²) in [4.78, 5) is 17.2. The first-order valence-electron chi connectivity index (χ1n) is 9.57. The van der Waals surface area contributed by atoms with Crippen molar-refractivity contribution in [3.8, 4) is 5.75 Å². The third-order valence-electron chi connectivity index (χ3n) is 4.39. The number of amides is 1. The molecule has 0 saturated carbocycles. The van der Waals surface area contributed by atoms with E-state index in [1.807, 2.05) is 25.1 Å². The SMILES string of the molecule is CCOc1ccc2nc(NC(=O)c3cccc(NS(=O)(=O)c4ccc(Cl)cc4)c3)sc2c1. The van der Waals surface area contributed by atoms with Crippen molar-refractivity contribution >= 4 is 59.9 Å². The van der Waals surface area contributed by atoms with Crippen LogP contribution in [0.4, 0.5) is 10.8 Å². The number of nitrogens with zero attached hydrogens (tertiary/aromatic N) is 1. The molecule has 0 atom stereocenters. The molecule has 0 spiro atoms. The summed E-state index contributed by atoms with van der Waals surface area (Å²) in [5, 5.41) is 3.64. The van der Waals surface area contributed by atoms with Gasteiger partial charge < -0.3 is 4.74 Å². The summed E-state index contributed by atoms with van der Waals surface area (Å²) in [5.41, 5.74) is 1.30. The number of carbonyl (C=O) groups is 1. The number of benzene rings is 3. The molecule has 0 saturated heterocycles. The van der Waals surface area contributed by atoms with E-state index in [-0.39, 0.29) is 16.1 Å². The number of carbonyl (C=O) groups excluding carboxylic acids is 1. The van der Waals surface area contributed by atoms with Crippen LogP contribution in [0.5, 0.6) is 5.75 Å². The minimum atomic E-state index is -3.82. The number of aromatic nitrogens is 1. The van der Waals surface area contributed by atoms with E-state index in [1.54, 1.807) is 18.2 Å². The summed E-state index contributed by atoms with van der Waals surface area (Å²) in [5.74, 6) is 0.337. The molecule has 0 aliphatic rings. The second kappa shape index (κ2) is 9.15. The van der Waals surface area contributed by atoms with Crippen LogP contribution < -0.4 is 14.8 Å². The quantitative estimate of drug-likeness (QED) is 0.363. The number of halogens is 1. The highest BCUT2D eigenvalue weighted by Gasteiger charge is 2.16. The Morgan fingerprint density at radius 1 is 1.09 bits per heavy atom. The van der Waals surface area contributed by atoms with Crippen LogP contribution in [-0.2, 0) is 10.0 Å². The molecular weight excluding hydrogens is 470 g/mol. The smallest absolute Gasteiger partial charge is 0.261 e. The van der Waals surface area contributed by atoms with Crippen LogP contribution in [0.15, 0.2) is 71.6 Å². The Balaban J connectivity index is 1.51. The molecule has 0 aliphatic carbocycles. The van der Waals surface area contributed by atoms with Gasteiger partial charge in [0.05, 0.1) is 21.7 Å². The number of thiazole rings is 1. The molecular formula is C22H18ClN3O4S2. The van der Waals surface area contributed by atoms with Crippen LogP contribution in [0.25, 0.3) is 10.2 Å². The lowest BCUT2D eigenvalue weighted by Gasteiger charge is -2.09. The Kier molecular flexibility index (Phi) is 6.31. The maximum Gasteiger partial charge on any atom is 0.261 e. The van der Waals surface area contributed by atoms with Crippen molar-refractivity contribution in [1.29, 1.82) is 0 Å². The molecule has 0 bridgehead atoms. The number of fused-ring (bicyclic) bond motifs is 1. The number of rotatable bonds is 7. The van der Waals surface area contributed by atoms with Crippen molar-refractivity contribution in [1.82, 2.24) is 4.98 Å². The second-order valence-electron chi connectivity index (χ2n) is 6.68. The molecule has 4 aromatic rings. The van der Waals surface area contributed by atoms with Gasteiger partial charge in [-0.05, 0) is 67.6 Å². The zero-order valence-electron chi connectivity index (χ0n) is 16.8. The average molecular weight is 488 g/mol. The molecule has 0 fully saturated rings. The van der Waals surface area contributed by atoms with Crippen LogP contribution >= 0.6 is 22.9 Å². The van der Waals surface area contributed by atoms with E-state index in [0.717, 1.165) is 16.0 Å². The van der Waals surface area contributed by atoms with E-state index in [4.69, 9.17) is 16.3 Å². The first-order chi connectivity index (χ1) is 15.3. The summed E-state index contributed by atoms with van der Waals surface area (Å²) >= 11 is 7.15. The minimum Gasteiger partial charge on any atom is -0.494 e. The normalized spacial score (nSPS) is 11.3. The largest absolute Gasteiger partial charge is 0.494 e. The third kappa shape index (κ3) is 5.01. The van der Waals surface area contributed by atoms with Gasteiger partial charge in [0.25, 0.3) is 15.9 Å². The molecule has 3 aromatic carbocycles. The fourth-order valence-corrected chi connectivity index (χ4v) is 5.00. The van der Waals surface area contributed by atoms with Crippen molar-refractivity contribution in [3.05, 3.63) is 77.3 Å². The molecule has 2 N–H and O–H groups in total. The molecule has 4 rings (SSSR count). The topological polar surface area (TPSA) is 97.4 Å². The van der Waals surface area contributed by atoms with E-state index in [9.17, 15) is 13.2 Å². The maximum absolute atomic E-state index is 12.7. The Morgan fingerprint density at radius 2 is 1.88 bits per heavy atom. The van der Waals surface area contributed by atoms with E-state index in [2.05, 4.69) is 15.0 Å². The summed E-state index contributed by atoms with van der Waals surface area (Å²) in [6.07, 6.45) is 0. The molecule has 0 aliphatic heterocycles. The van der Waals surface area contributed by atoms with Gasteiger partial charge >= 0.3 is 0 Å². The summed E-state index contributed by atoms with van der Waals surface area (Å²) in [6, 6.07) is 17.6. The standard InChI is InChI=1S/C22H18ClN3O4S2/c1-2-30-17-8-11-19-20(13-17)31-22(24-19)25-21(27)14-4-3-5-16(12-14)26-32(28,29)18-9-6-15(23)7-10-18/h3-13,26H,2H2,1H3,(H,24,25,27). The van der Waals surface area contributed by atoms with E-state index in [0.29, 0.717) is 16.8 Å². The number of anilines is 2. The monoisotopic (exact) mass is 487 g/mol. The van der Waals surface area contributed by atoms with Crippen molar-refractivity contribution in [3.63, 3.8) is 0 Å². The van der Waals surface area contributed by atoms with E-state index >= 15 is 0 Å². The van der Waals surface area contributed by atoms with Crippen molar-refractivity contribution in [2.45, 2.75) is 11.8 Å². The third-order valence-corrected chi connectivity index (χ3v) is 6.98. The van der Waals surface area contributed by atoms with Gasteiger partial charge in [0.2, 0.25) is 0 Å². The Bertz CT molecular complexity index is 1390. The van der Waals surface area contributed by atoms with Crippen LogP contribution in [0.1, 0.15) is 17.3 Å². The van der Waals surface area contributed by atoms with E-state index in [1.165, 1.54) is 41.7 Å². The molecule has 0 unspecified atom stereocenters. The zero-order valence-corrected chi connectivity index (χ0v) is 19.2. The first kappa shape index (κ1) is 22.1. The molecule has 0 radical (unpaired) electrons. The highest BCUT2D eigenvalue weighted by molar-refractivity contribution is 7.92. The average Bonchev–Trinajstić information content (AvgIpc) is 3.15. The Labute approximate surface area is 194 Å². The predicted molar refractivity (Wildman–Crippen MR) is 127 cm³/mol. The molecule has 1 aromatic heterocycles. The number of hydrogen-bond acceptors (Lipinski definition) is 6. The Morgan fingerprint density at radius 3 is 2.62 bits per heavy atom. The lowest BCUT2D eigenvalue weighted by Crippen LogP contribution is -2.15. The lowest BCUT2D eigenvalue weighted by molar-refractivity contribution is 0.102. The molecule has 1 amide bonds. The molecule has 32 heavy (non-hydrogen) atoms. The predicted octanol–water partition coefficient (Wildman–Crippen LogP) is 5.40. The number of nitrogens with one attached hydrogen (secondary N) is 2. The lowest BCUT2D eigenvalue weighted by atomic mass is 10.2. The van der Waals surface area contributed by atoms with Gasteiger partial charge in [0.15, 0.2) is 5.13 Å². The molecule has 7 nitrogen and oxygen atoms in total. The van der Waals surface area contributed by atoms with Crippen LogP contribution in [-0.4, -0.2) is 25.9 Å². The van der Waals surface area contributed by atoms with Crippen molar-refractivity contribution in [2.75, 3.05) is 16.6 Å². The fourth-order valence-electron chi connectivity index (χ4n) is 2.94. The number of ether oxygens (including phenoxy) is 1. The summed E-state index contributed by atoms with van der Waals surface area (Å²) in [6.45, 7) is 2.47. The minimum absolute atomic E-state index is 0.0673. The van der Waals surface area contributed by atoms with Gasteiger partial charge in [-0.25, -0.2) is 13.4 Å². The van der Waals surface area contributed by atoms with Gasteiger partial charge in [0.1, 0.15) is 5.75 Å². The van der Waals surface area contributed by atoms with Gasteiger partial charge in [-0.2, -0.15) is 0 Å². The molecule has 164 valence electrons. The van der Waals surface area contributed by atoms with Crippen molar-refractivity contribution in [2.24, 2.45) is 0 Å². The van der Waals surface area contributed by atoms with Crippen LogP contribution in [0.3, 0.4) is 0 Å². The van der Waals surface area contributed by atoms with Crippen molar-refractivity contribution < 1.29 is 17.9 Å². The van der Waals surface area contributed by atoms with Gasteiger partial charge in [0, 0.05) is 16.3 Å². The summed E-state index contributed by atoms with van der Waals surface area (Å²) in [7, 11) is -3.82. The van der Waals surface area contributed by atoms with Gasteiger partial charge in [-0.3, -0.25) is 14.8 Å². The van der Waals surface area contributed by atoms with Gasteiger partial charge in [-0.15, -0.1) is 0 Å². The highest BCUT2D eigenvalue weighted by Crippen LogP contribution is 2.29. The Hall–Kier alpha value is -3.14. The first-order valence-corrected chi connectivity index (χ1v) is 12.2. The van der Waals surface area contributed by atoms with Crippen LogP contribution in [0, 0.1) is 0 Å². The van der Waals surface area contributed by atoms with Crippen LogP contribution in [0.2, 0.25) is 5.02 Å². The van der Waals surface area contributed by atoms with Gasteiger partial charge in [-0.1, -0.05) is 29.0 Å². The maximum atomic E-state index is 12.7. The number of hydrogen-bond donors (Lipinski definition) is 2. The second-order valence-corrected chi connectivity index (χ2v) is 9.83. The fraction of sp³-hybridized carbons (Fsp3) is 0.0909. The highest BCUT2D eigenvalue weighted by atomic mass is 35.5. The molecule has 1 heterocycles. The molecule has 10 heteroatoms. The number of sulfonamides is 1. The zero-order chi connectivity index (χ0) is 22.7. The summed E-state index contributed by atoms with van der Waals surface area (Å²) < 4.78 is 34.0. The van der Waals surface area contributed by atoms with E-state index < -0.39 is 15.9 Å².